The lowest BCUT2D eigenvalue weighted by atomic mass is 9.70. The Labute approximate surface area is 232 Å². The number of rotatable bonds is 12. The number of hydrogen-bond acceptors (Lipinski definition) is 7. The molecule has 0 radical (unpaired) electrons. The molecule has 3 fully saturated rings. The summed E-state index contributed by atoms with van der Waals surface area (Å²) >= 11 is 3.63. The second-order valence-corrected chi connectivity index (χ2v) is 10.9. The number of hydrogen-bond donors (Lipinski definition) is 1. The van der Waals surface area contributed by atoms with Crippen LogP contribution in [0.4, 0.5) is 11.4 Å². The molecule has 206 valence electrons. The lowest BCUT2D eigenvalue weighted by molar-refractivity contribution is -0.153. The van der Waals surface area contributed by atoms with Crippen LogP contribution in [-0.2, 0) is 23.9 Å². The molecular formula is C28H36BrN3O6. The van der Waals surface area contributed by atoms with Crippen molar-refractivity contribution in [2.24, 2.45) is 11.8 Å². The van der Waals surface area contributed by atoms with Crippen molar-refractivity contribution in [2.45, 2.75) is 42.8 Å². The molecular weight excluding hydrogens is 554 g/mol. The van der Waals surface area contributed by atoms with E-state index in [4.69, 9.17) is 9.47 Å². The molecule has 1 aromatic rings. The summed E-state index contributed by atoms with van der Waals surface area (Å²) in [5.74, 6) is -3.01. The van der Waals surface area contributed by atoms with Gasteiger partial charge in [0.2, 0.25) is 5.91 Å². The van der Waals surface area contributed by atoms with Gasteiger partial charge < -0.3 is 29.3 Å². The van der Waals surface area contributed by atoms with Gasteiger partial charge in [-0.3, -0.25) is 14.4 Å². The highest BCUT2D eigenvalue weighted by atomic mass is 79.9. The lowest BCUT2D eigenvalue weighted by Gasteiger charge is -2.37. The second-order valence-electron chi connectivity index (χ2n) is 9.76. The number of amides is 2. The minimum absolute atomic E-state index is 0.0161. The van der Waals surface area contributed by atoms with Gasteiger partial charge >= 0.3 is 5.97 Å². The number of likely N-dealkylation sites (tertiary alicyclic amines) is 1. The summed E-state index contributed by atoms with van der Waals surface area (Å²) in [7, 11) is 0. The van der Waals surface area contributed by atoms with Gasteiger partial charge in [0.05, 0.1) is 24.5 Å². The Balaban J connectivity index is 1.72. The van der Waals surface area contributed by atoms with Crippen molar-refractivity contribution in [3.8, 4) is 0 Å². The molecule has 1 spiro atoms. The highest BCUT2D eigenvalue weighted by Gasteiger charge is 2.77. The minimum atomic E-state index is -1.22. The van der Waals surface area contributed by atoms with Gasteiger partial charge in [-0.15, -0.1) is 6.58 Å². The quantitative estimate of drug-likeness (QED) is 0.227. The third-order valence-corrected chi connectivity index (χ3v) is 8.69. The first kappa shape index (κ1) is 28.3. The first-order chi connectivity index (χ1) is 18.3. The van der Waals surface area contributed by atoms with E-state index in [1.807, 2.05) is 24.3 Å². The molecule has 3 unspecified atom stereocenters. The number of benzene rings is 1. The van der Waals surface area contributed by atoms with Crippen LogP contribution < -0.4 is 9.80 Å². The monoisotopic (exact) mass is 589 g/mol. The zero-order valence-corrected chi connectivity index (χ0v) is 23.5. The average Bonchev–Trinajstić information content (AvgIpc) is 3.50. The molecule has 3 heterocycles. The Morgan fingerprint density at radius 2 is 1.87 bits per heavy atom. The van der Waals surface area contributed by atoms with Crippen molar-refractivity contribution in [3.63, 3.8) is 0 Å². The van der Waals surface area contributed by atoms with Crippen molar-refractivity contribution < 1.29 is 29.0 Å². The number of carbonyl (C=O) groups is 3. The summed E-state index contributed by atoms with van der Waals surface area (Å²) in [6, 6.07) is 6.68. The molecule has 3 aliphatic rings. The summed E-state index contributed by atoms with van der Waals surface area (Å²) in [6.07, 6.45) is 2.87. The van der Waals surface area contributed by atoms with Crippen LogP contribution in [0, 0.1) is 11.8 Å². The Morgan fingerprint density at radius 1 is 1.21 bits per heavy atom. The maximum absolute atomic E-state index is 14.3. The number of ether oxygens (including phenoxy) is 2. The van der Waals surface area contributed by atoms with Gasteiger partial charge in [-0.05, 0) is 44.5 Å². The van der Waals surface area contributed by atoms with Crippen LogP contribution in [-0.4, -0.2) is 89.8 Å². The van der Waals surface area contributed by atoms with Crippen LogP contribution in [0.2, 0.25) is 0 Å². The largest absolute Gasteiger partial charge is 0.461 e. The highest BCUT2D eigenvalue weighted by molar-refractivity contribution is 9.09. The van der Waals surface area contributed by atoms with Crippen molar-refractivity contribution >= 4 is 45.1 Å². The standard InChI is InChI=1S/C28H36BrN3O6/c1-5-13-31(19-11-9-18(10-12-19)30(7-3)8-4)26(35)24-28-17-20(29)23(38-28)21(27(36)37-16-6-2)22(28)25(34)32(24)14-15-33/h5-6,9-12,20-24,33H,1-2,7-8,13-17H2,3-4H3/t20?,21-,22+,23-,24?,28?/m1/s1. The van der Waals surface area contributed by atoms with Crippen LogP contribution in [0.25, 0.3) is 0 Å². The molecule has 0 aromatic heterocycles. The zero-order valence-electron chi connectivity index (χ0n) is 21.9. The number of β-amino-alcohol motifs (C(OH)–C–C–N with tert-alkyl or cyclic N) is 1. The summed E-state index contributed by atoms with van der Waals surface area (Å²) < 4.78 is 11.8. The predicted octanol–water partition coefficient (Wildman–Crippen LogP) is 2.52. The predicted molar refractivity (Wildman–Crippen MR) is 148 cm³/mol. The Hall–Kier alpha value is -2.69. The topological polar surface area (TPSA) is 99.6 Å². The maximum atomic E-state index is 14.3. The zero-order chi connectivity index (χ0) is 27.6. The summed E-state index contributed by atoms with van der Waals surface area (Å²) in [5.41, 5.74) is 0.481. The van der Waals surface area contributed by atoms with E-state index in [1.54, 1.807) is 11.0 Å². The molecule has 3 saturated heterocycles. The molecule has 38 heavy (non-hydrogen) atoms. The molecule has 3 aliphatic heterocycles. The molecule has 9 nitrogen and oxygen atoms in total. The highest BCUT2D eigenvalue weighted by Crippen LogP contribution is 2.60. The average molecular weight is 591 g/mol. The normalized spacial score (nSPS) is 29.2. The second kappa shape index (κ2) is 11.6. The molecule has 1 aromatic carbocycles. The Bertz CT molecular complexity index is 1080. The van der Waals surface area contributed by atoms with Crippen molar-refractivity contribution in [1.29, 1.82) is 0 Å². The van der Waals surface area contributed by atoms with E-state index in [-0.39, 0.29) is 42.9 Å². The molecule has 1 N–H and O–H groups in total. The van der Waals surface area contributed by atoms with E-state index in [2.05, 4.69) is 47.8 Å². The van der Waals surface area contributed by atoms with E-state index in [0.717, 1.165) is 18.8 Å². The minimum Gasteiger partial charge on any atom is -0.461 e. The van der Waals surface area contributed by atoms with E-state index in [1.165, 1.54) is 11.0 Å². The third kappa shape index (κ3) is 4.56. The number of aliphatic hydroxyl groups excluding tert-OH is 1. The summed E-state index contributed by atoms with van der Waals surface area (Å²) in [4.78, 5) is 46.1. The van der Waals surface area contributed by atoms with E-state index in [9.17, 15) is 19.5 Å². The van der Waals surface area contributed by atoms with Gasteiger partial charge in [0, 0.05) is 42.4 Å². The number of halogens is 1. The number of aliphatic hydroxyl groups is 1. The van der Waals surface area contributed by atoms with E-state index >= 15 is 0 Å². The number of fused-ring (bicyclic) bond motifs is 1. The summed E-state index contributed by atoms with van der Waals surface area (Å²) in [6.45, 7) is 13.2. The van der Waals surface area contributed by atoms with E-state index < -0.39 is 35.6 Å². The smallest absolute Gasteiger partial charge is 0.312 e. The number of esters is 1. The number of nitrogens with zero attached hydrogens (tertiary/aromatic N) is 3. The SMILES string of the molecule is C=CCOC(=O)[C@H]1[C@@H]2OC3(CC2Br)C(C(=O)N(CC=C)c2ccc(N(CC)CC)cc2)N(CCO)C(=O)[C@H]13. The first-order valence-corrected chi connectivity index (χ1v) is 14.0. The summed E-state index contributed by atoms with van der Waals surface area (Å²) in [5, 5.41) is 9.81. The lowest BCUT2D eigenvalue weighted by Crippen LogP contribution is -2.57. The molecule has 0 aliphatic carbocycles. The van der Waals surface area contributed by atoms with Crippen LogP contribution in [0.5, 0.6) is 0 Å². The van der Waals surface area contributed by atoms with Crippen molar-refractivity contribution in [1.82, 2.24) is 4.90 Å². The fourth-order valence-electron chi connectivity index (χ4n) is 6.30. The van der Waals surface area contributed by atoms with Crippen molar-refractivity contribution in [3.05, 3.63) is 49.6 Å². The van der Waals surface area contributed by atoms with Crippen LogP contribution in [0.15, 0.2) is 49.6 Å². The maximum Gasteiger partial charge on any atom is 0.312 e. The molecule has 2 amide bonds. The van der Waals surface area contributed by atoms with Crippen LogP contribution >= 0.6 is 15.9 Å². The first-order valence-electron chi connectivity index (χ1n) is 13.1. The van der Waals surface area contributed by atoms with Gasteiger partial charge in [0.15, 0.2) is 0 Å². The number of anilines is 2. The van der Waals surface area contributed by atoms with Crippen molar-refractivity contribution in [2.75, 3.05) is 49.2 Å². The van der Waals surface area contributed by atoms with Gasteiger partial charge in [-0.2, -0.15) is 0 Å². The van der Waals surface area contributed by atoms with Gasteiger partial charge in [0.1, 0.15) is 18.2 Å². The molecule has 4 rings (SSSR count). The Morgan fingerprint density at radius 3 is 2.45 bits per heavy atom. The fourth-order valence-corrected chi connectivity index (χ4v) is 7.24. The van der Waals surface area contributed by atoms with Gasteiger partial charge in [-0.25, -0.2) is 0 Å². The molecule has 10 heteroatoms. The van der Waals surface area contributed by atoms with Crippen LogP contribution in [0.1, 0.15) is 20.3 Å². The molecule has 0 saturated carbocycles. The Kier molecular flexibility index (Phi) is 8.64. The fraction of sp³-hybridized carbons (Fsp3) is 0.536. The number of alkyl halides is 1. The third-order valence-electron chi connectivity index (χ3n) is 7.85. The van der Waals surface area contributed by atoms with Gasteiger partial charge in [-0.1, -0.05) is 34.7 Å². The van der Waals surface area contributed by atoms with Gasteiger partial charge in [0.25, 0.3) is 5.91 Å². The van der Waals surface area contributed by atoms with E-state index in [0.29, 0.717) is 12.1 Å². The number of carbonyl (C=O) groups excluding carboxylic acids is 3. The van der Waals surface area contributed by atoms with Crippen LogP contribution in [0.3, 0.4) is 0 Å². The molecule has 2 bridgehead atoms. The molecule has 6 atom stereocenters.